The van der Waals surface area contributed by atoms with Crippen molar-refractivity contribution in [3.63, 3.8) is 0 Å². The molecule has 30 heavy (non-hydrogen) atoms. The van der Waals surface area contributed by atoms with Crippen LogP contribution in [-0.2, 0) is 33.2 Å². The number of unbranched alkanes of at least 4 members (excludes halogenated alkanes) is 1. The van der Waals surface area contributed by atoms with E-state index in [1.165, 1.54) is 19.1 Å². The number of ketones is 1. The van der Waals surface area contributed by atoms with Crippen LogP contribution in [0, 0.1) is 5.92 Å². The molecule has 0 amide bonds. The second-order valence-corrected chi connectivity index (χ2v) is 6.66. The molecule has 0 radical (unpaired) electrons. The lowest BCUT2D eigenvalue weighted by Gasteiger charge is -2.21. The standard InChI is InChI=1S/C20H19F7O3/c1-12-17(28)9-16(29-5-3-2-4-21)10-18(12)30-11-13-6-14(19(22,23)24)8-15(7-13)20(25,26)27/h6-10,12H,2-5,11H2,1H3. The van der Waals surface area contributed by atoms with Crippen LogP contribution in [0.15, 0.2) is 41.9 Å². The fourth-order valence-electron chi connectivity index (χ4n) is 2.62. The number of carbonyl (C=O) groups excluding carboxylic acids is 1. The van der Waals surface area contributed by atoms with E-state index >= 15 is 0 Å². The zero-order valence-electron chi connectivity index (χ0n) is 15.9. The van der Waals surface area contributed by atoms with E-state index in [0.29, 0.717) is 18.6 Å². The number of carbonyl (C=O) groups is 1. The van der Waals surface area contributed by atoms with E-state index < -0.39 is 48.5 Å². The van der Waals surface area contributed by atoms with Gasteiger partial charge in [-0.25, -0.2) is 0 Å². The molecular formula is C20H19F7O3. The molecule has 1 aliphatic carbocycles. The first-order valence-corrected chi connectivity index (χ1v) is 8.99. The number of halogens is 7. The van der Waals surface area contributed by atoms with Crippen LogP contribution < -0.4 is 0 Å². The highest BCUT2D eigenvalue weighted by Gasteiger charge is 2.37. The molecule has 0 aromatic heterocycles. The van der Waals surface area contributed by atoms with Gasteiger partial charge in [0, 0.05) is 12.2 Å². The maximum absolute atomic E-state index is 13.0. The van der Waals surface area contributed by atoms with Gasteiger partial charge in [0.2, 0.25) is 0 Å². The number of rotatable bonds is 8. The summed E-state index contributed by atoms with van der Waals surface area (Å²) in [5.41, 5.74) is -3.25. The third-order valence-electron chi connectivity index (χ3n) is 4.27. The number of allylic oxidation sites excluding steroid dienone is 3. The normalized spacial score (nSPS) is 17.5. The van der Waals surface area contributed by atoms with Crippen LogP contribution in [0.3, 0.4) is 0 Å². The molecule has 0 bridgehead atoms. The molecule has 0 spiro atoms. The minimum absolute atomic E-state index is 0.0294. The van der Waals surface area contributed by atoms with Crippen molar-refractivity contribution in [3.8, 4) is 0 Å². The zero-order valence-corrected chi connectivity index (χ0v) is 15.9. The number of benzene rings is 1. The summed E-state index contributed by atoms with van der Waals surface area (Å²) < 4.78 is 101. The van der Waals surface area contributed by atoms with Crippen LogP contribution in [0.1, 0.15) is 36.5 Å². The first-order chi connectivity index (χ1) is 13.9. The van der Waals surface area contributed by atoms with E-state index in [-0.39, 0.29) is 36.2 Å². The SMILES string of the molecule is CC1C(=O)C=C(OCCCCF)C=C1OCc1cc(C(F)(F)F)cc(C(F)(F)F)c1. The summed E-state index contributed by atoms with van der Waals surface area (Å²) in [5.74, 6) is -0.995. The first kappa shape index (κ1) is 23.8. The van der Waals surface area contributed by atoms with Gasteiger partial charge < -0.3 is 9.47 Å². The maximum atomic E-state index is 13.0. The van der Waals surface area contributed by atoms with E-state index in [0.717, 1.165) is 0 Å². The predicted molar refractivity (Wildman–Crippen MR) is 92.7 cm³/mol. The molecule has 0 aliphatic heterocycles. The Bertz CT molecular complexity index is 790. The lowest BCUT2D eigenvalue weighted by molar-refractivity contribution is -0.143. The Balaban J connectivity index is 2.19. The van der Waals surface area contributed by atoms with Crippen molar-refractivity contribution in [1.82, 2.24) is 0 Å². The molecule has 166 valence electrons. The molecule has 1 aliphatic rings. The fraction of sp³-hybridized carbons (Fsp3) is 0.450. The molecule has 1 aromatic rings. The van der Waals surface area contributed by atoms with Gasteiger partial charge in [0.1, 0.15) is 18.1 Å². The second-order valence-electron chi connectivity index (χ2n) is 6.66. The van der Waals surface area contributed by atoms with Crippen molar-refractivity contribution >= 4 is 5.78 Å². The Labute approximate surface area is 168 Å². The molecule has 0 N–H and O–H groups in total. The number of hydrogen-bond acceptors (Lipinski definition) is 3. The van der Waals surface area contributed by atoms with Crippen molar-refractivity contribution in [2.24, 2.45) is 5.92 Å². The molecule has 0 fully saturated rings. The average molecular weight is 440 g/mol. The van der Waals surface area contributed by atoms with E-state index in [4.69, 9.17) is 9.47 Å². The van der Waals surface area contributed by atoms with Crippen LogP contribution in [0.25, 0.3) is 0 Å². The van der Waals surface area contributed by atoms with Crippen molar-refractivity contribution in [2.75, 3.05) is 13.3 Å². The highest BCUT2D eigenvalue weighted by molar-refractivity contribution is 5.95. The maximum Gasteiger partial charge on any atom is 0.416 e. The summed E-state index contributed by atoms with van der Waals surface area (Å²) in [5, 5.41) is 0. The molecule has 1 aromatic carbocycles. The van der Waals surface area contributed by atoms with Crippen LogP contribution in [0.2, 0.25) is 0 Å². The minimum atomic E-state index is -4.97. The van der Waals surface area contributed by atoms with Crippen molar-refractivity contribution in [1.29, 1.82) is 0 Å². The Morgan fingerprint density at radius 2 is 1.50 bits per heavy atom. The first-order valence-electron chi connectivity index (χ1n) is 8.99. The van der Waals surface area contributed by atoms with E-state index in [1.54, 1.807) is 0 Å². The van der Waals surface area contributed by atoms with Gasteiger partial charge in [-0.1, -0.05) is 0 Å². The summed E-state index contributed by atoms with van der Waals surface area (Å²) in [7, 11) is 0. The van der Waals surface area contributed by atoms with Crippen LogP contribution in [-0.4, -0.2) is 19.1 Å². The zero-order chi connectivity index (χ0) is 22.5. The Morgan fingerprint density at radius 1 is 0.900 bits per heavy atom. The van der Waals surface area contributed by atoms with Gasteiger partial charge in [-0.2, -0.15) is 26.3 Å². The third kappa shape index (κ3) is 6.50. The molecule has 0 heterocycles. The molecule has 1 atom stereocenters. The van der Waals surface area contributed by atoms with E-state index in [9.17, 15) is 35.5 Å². The van der Waals surface area contributed by atoms with E-state index in [1.807, 2.05) is 0 Å². The van der Waals surface area contributed by atoms with Gasteiger partial charge >= 0.3 is 12.4 Å². The fourth-order valence-corrected chi connectivity index (χ4v) is 2.62. The minimum Gasteiger partial charge on any atom is -0.493 e. The lowest BCUT2D eigenvalue weighted by Crippen LogP contribution is -2.19. The number of ether oxygens (including phenoxy) is 2. The average Bonchev–Trinajstić information content (AvgIpc) is 2.65. The van der Waals surface area contributed by atoms with Gasteiger partial charge in [0.25, 0.3) is 0 Å². The molecule has 2 rings (SSSR count). The molecule has 10 heteroatoms. The molecule has 3 nitrogen and oxygen atoms in total. The van der Waals surface area contributed by atoms with Gasteiger partial charge in [0.05, 0.1) is 30.3 Å². The molecule has 1 unspecified atom stereocenters. The number of alkyl halides is 7. The van der Waals surface area contributed by atoms with Crippen molar-refractivity contribution in [2.45, 2.75) is 38.7 Å². The van der Waals surface area contributed by atoms with Gasteiger partial charge in [-0.05, 0) is 43.5 Å². The molecule has 0 saturated carbocycles. The van der Waals surface area contributed by atoms with Crippen LogP contribution in [0.5, 0.6) is 0 Å². The quantitative estimate of drug-likeness (QED) is 0.368. The third-order valence-corrected chi connectivity index (χ3v) is 4.27. The van der Waals surface area contributed by atoms with E-state index in [2.05, 4.69) is 0 Å². The lowest BCUT2D eigenvalue weighted by atomic mass is 9.98. The Kier molecular flexibility index (Phi) is 7.54. The second kappa shape index (κ2) is 9.53. The van der Waals surface area contributed by atoms with Crippen molar-refractivity contribution < 1.29 is 45.0 Å². The van der Waals surface area contributed by atoms with Crippen LogP contribution in [0.4, 0.5) is 30.7 Å². The summed E-state index contributed by atoms with van der Waals surface area (Å²) in [6, 6.07) is 1.16. The predicted octanol–water partition coefficient (Wildman–Crippen LogP) is 5.99. The summed E-state index contributed by atoms with van der Waals surface area (Å²) in [4.78, 5) is 12.1. The summed E-state index contributed by atoms with van der Waals surface area (Å²) >= 11 is 0. The smallest absolute Gasteiger partial charge is 0.416 e. The Morgan fingerprint density at radius 3 is 2.03 bits per heavy atom. The highest BCUT2D eigenvalue weighted by Crippen LogP contribution is 2.36. The summed E-state index contributed by atoms with van der Waals surface area (Å²) in [6.45, 7) is 0.507. The molecule has 0 saturated heterocycles. The summed E-state index contributed by atoms with van der Waals surface area (Å²) in [6.07, 6.45) is -6.69. The van der Waals surface area contributed by atoms with Gasteiger partial charge in [-0.3, -0.25) is 9.18 Å². The number of hydrogen-bond donors (Lipinski definition) is 0. The van der Waals surface area contributed by atoms with Crippen LogP contribution >= 0.6 is 0 Å². The van der Waals surface area contributed by atoms with Gasteiger partial charge in [0.15, 0.2) is 5.78 Å². The van der Waals surface area contributed by atoms with Crippen molar-refractivity contribution in [3.05, 3.63) is 58.6 Å². The largest absolute Gasteiger partial charge is 0.493 e. The Hall–Kier alpha value is -2.52. The monoisotopic (exact) mass is 440 g/mol. The topological polar surface area (TPSA) is 35.5 Å². The highest BCUT2D eigenvalue weighted by atomic mass is 19.4. The van der Waals surface area contributed by atoms with Gasteiger partial charge in [-0.15, -0.1) is 0 Å². The molecular weight excluding hydrogens is 421 g/mol.